The van der Waals surface area contributed by atoms with Gasteiger partial charge in [-0.1, -0.05) is 0 Å². The van der Waals surface area contributed by atoms with Crippen molar-refractivity contribution in [2.45, 2.75) is 13.0 Å². The molecule has 1 amide bonds. The molecule has 1 saturated heterocycles. The van der Waals surface area contributed by atoms with Crippen LogP contribution >= 0.6 is 11.3 Å². The first kappa shape index (κ1) is 24.0. The van der Waals surface area contributed by atoms with E-state index in [0.29, 0.717) is 54.8 Å². The van der Waals surface area contributed by atoms with Gasteiger partial charge in [0.1, 0.15) is 16.9 Å². The number of fused-ring (bicyclic) bond motifs is 1. The summed E-state index contributed by atoms with van der Waals surface area (Å²) in [6, 6.07) is 6.31. The number of nitrogens with zero attached hydrogens (tertiary/aromatic N) is 8. The Balaban J connectivity index is 1.18. The number of nitrogens with one attached hydrogen (secondary N) is 1. The highest BCUT2D eigenvalue weighted by molar-refractivity contribution is 7.16. The van der Waals surface area contributed by atoms with Crippen molar-refractivity contribution in [3.05, 3.63) is 64.7 Å². The summed E-state index contributed by atoms with van der Waals surface area (Å²) in [5.74, 6) is 1.28. The molecular weight excluding hydrogens is 502 g/mol. The minimum atomic E-state index is -0.281. The van der Waals surface area contributed by atoms with Crippen LogP contribution in [0.2, 0.25) is 0 Å². The van der Waals surface area contributed by atoms with Crippen LogP contribution in [0.5, 0.6) is 0 Å². The van der Waals surface area contributed by atoms with E-state index in [1.165, 1.54) is 17.5 Å². The van der Waals surface area contributed by atoms with Gasteiger partial charge in [-0.15, -0.1) is 11.3 Å². The first-order chi connectivity index (χ1) is 18.6. The summed E-state index contributed by atoms with van der Waals surface area (Å²) in [7, 11) is 1.75. The number of aryl methyl sites for hydroxylation is 1. The fourth-order valence-corrected chi connectivity index (χ4v) is 5.90. The van der Waals surface area contributed by atoms with E-state index in [0.717, 1.165) is 40.5 Å². The molecule has 2 aliphatic rings. The molecule has 0 atom stereocenters. The lowest BCUT2D eigenvalue weighted by atomic mass is 10.0. The Morgan fingerprint density at radius 2 is 1.92 bits per heavy atom. The van der Waals surface area contributed by atoms with Crippen LogP contribution < -0.4 is 15.1 Å². The van der Waals surface area contributed by atoms with Crippen molar-refractivity contribution in [3.63, 3.8) is 0 Å². The second-order valence-corrected chi connectivity index (χ2v) is 10.2. The Morgan fingerprint density at radius 1 is 1.11 bits per heavy atom. The monoisotopic (exact) mass is 527 g/mol. The number of rotatable bonds is 5. The Hall–Kier alpha value is -4.34. The Labute approximate surface area is 223 Å². The zero-order valence-electron chi connectivity index (χ0n) is 20.8. The molecule has 2 aliphatic heterocycles. The van der Waals surface area contributed by atoms with E-state index in [4.69, 9.17) is 4.74 Å². The molecule has 6 rings (SSSR count). The minimum absolute atomic E-state index is 0.281. The number of hydrogen-bond donors (Lipinski definition) is 1. The number of nitriles is 1. The normalized spacial score (nSPS) is 15.2. The summed E-state index contributed by atoms with van der Waals surface area (Å²) in [6.45, 7) is 4.33. The highest BCUT2D eigenvalue weighted by Crippen LogP contribution is 2.37. The molecule has 4 aromatic rings. The smallest absolute Gasteiger partial charge is 0.259 e. The molecule has 0 aliphatic carbocycles. The Morgan fingerprint density at radius 3 is 2.66 bits per heavy atom. The number of carbonyl (C=O) groups excluding carboxylic acids is 1. The molecule has 1 fully saturated rings. The third kappa shape index (κ3) is 4.69. The van der Waals surface area contributed by atoms with Crippen molar-refractivity contribution in [3.8, 4) is 17.2 Å². The average molecular weight is 528 g/mol. The van der Waals surface area contributed by atoms with E-state index >= 15 is 0 Å². The molecule has 6 heterocycles. The standard InChI is InChI=1S/C26H25N9O2S/c1-33-15-19(14-31-33)24(36)32-25-21(11-27)20-3-5-35(16-22(20)38-25)26-29-12-18(13-30-26)17-2-4-28-23(10-17)34-6-8-37-9-7-34/h2,4,10,12-15H,3,5-9,16H2,1H3,(H,32,36). The zero-order chi connectivity index (χ0) is 26.1. The summed E-state index contributed by atoms with van der Waals surface area (Å²) < 4.78 is 7.02. The molecule has 0 spiro atoms. The summed E-state index contributed by atoms with van der Waals surface area (Å²) in [6.07, 6.45) is 9.32. The van der Waals surface area contributed by atoms with Gasteiger partial charge in [-0.3, -0.25) is 9.48 Å². The van der Waals surface area contributed by atoms with E-state index in [2.05, 4.69) is 47.3 Å². The second-order valence-electron chi connectivity index (χ2n) is 9.12. The van der Waals surface area contributed by atoms with Crippen LogP contribution in [0.15, 0.2) is 43.1 Å². The fourth-order valence-electron chi connectivity index (χ4n) is 4.69. The summed E-state index contributed by atoms with van der Waals surface area (Å²) in [4.78, 5) is 31.8. The van der Waals surface area contributed by atoms with Gasteiger partial charge < -0.3 is 19.9 Å². The van der Waals surface area contributed by atoms with Crippen LogP contribution in [0.1, 0.15) is 26.4 Å². The number of pyridine rings is 1. The number of aromatic nitrogens is 5. The van der Waals surface area contributed by atoms with Crippen LogP contribution in [-0.4, -0.2) is 63.5 Å². The number of morpholine rings is 1. The minimum Gasteiger partial charge on any atom is -0.378 e. The van der Waals surface area contributed by atoms with Gasteiger partial charge in [0.05, 0.1) is 37.1 Å². The zero-order valence-corrected chi connectivity index (χ0v) is 21.6. The largest absolute Gasteiger partial charge is 0.378 e. The van der Waals surface area contributed by atoms with E-state index in [1.807, 2.05) is 24.7 Å². The van der Waals surface area contributed by atoms with Crippen molar-refractivity contribution in [2.24, 2.45) is 7.05 Å². The van der Waals surface area contributed by atoms with E-state index in [-0.39, 0.29) is 5.91 Å². The van der Waals surface area contributed by atoms with Crippen molar-refractivity contribution in [1.29, 1.82) is 5.26 Å². The van der Waals surface area contributed by atoms with Gasteiger partial charge in [0.15, 0.2) is 0 Å². The van der Waals surface area contributed by atoms with Gasteiger partial charge in [0.2, 0.25) is 5.95 Å². The molecular formula is C26H25N9O2S. The lowest BCUT2D eigenvalue weighted by Crippen LogP contribution is -2.36. The quantitative estimate of drug-likeness (QED) is 0.417. The summed E-state index contributed by atoms with van der Waals surface area (Å²) in [5, 5.41) is 17.3. The maximum absolute atomic E-state index is 12.6. The lowest BCUT2D eigenvalue weighted by molar-refractivity contribution is 0.102. The second kappa shape index (κ2) is 10.2. The number of amides is 1. The number of ether oxygens (including phenoxy) is 1. The Bertz CT molecular complexity index is 1520. The first-order valence-corrected chi connectivity index (χ1v) is 13.1. The third-order valence-corrected chi connectivity index (χ3v) is 7.83. The molecule has 1 N–H and O–H groups in total. The van der Waals surface area contributed by atoms with Crippen LogP contribution in [0.25, 0.3) is 11.1 Å². The van der Waals surface area contributed by atoms with Gasteiger partial charge in [-0.2, -0.15) is 10.4 Å². The number of hydrogen-bond acceptors (Lipinski definition) is 10. The molecule has 4 aromatic heterocycles. The van der Waals surface area contributed by atoms with Crippen LogP contribution in [0, 0.1) is 11.3 Å². The third-order valence-electron chi connectivity index (χ3n) is 6.70. The molecule has 0 unspecified atom stereocenters. The van der Waals surface area contributed by atoms with Crippen molar-refractivity contribution in [2.75, 3.05) is 48.0 Å². The van der Waals surface area contributed by atoms with Crippen LogP contribution in [0.4, 0.5) is 16.8 Å². The highest BCUT2D eigenvalue weighted by Gasteiger charge is 2.27. The maximum Gasteiger partial charge on any atom is 0.259 e. The van der Waals surface area contributed by atoms with Crippen molar-refractivity contribution in [1.82, 2.24) is 24.7 Å². The molecule has 0 bridgehead atoms. The molecule has 0 saturated carbocycles. The number of anilines is 3. The SMILES string of the molecule is Cn1cc(C(=O)Nc2sc3c(c2C#N)CCN(c2ncc(-c4ccnc(N5CCOCC5)c4)cn2)C3)cn1. The molecule has 11 nitrogen and oxygen atoms in total. The highest BCUT2D eigenvalue weighted by atomic mass is 32.1. The predicted octanol–water partition coefficient (Wildman–Crippen LogP) is 2.86. The van der Waals surface area contributed by atoms with Crippen molar-refractivity contribution < 1.29 is 9.53 Å². The van der Waals surface area contributed by atoms with Gasteiger partial charge in [-0.05, 0) is 29.7 Å². The first-order valence-electron chi connectivity index (χ1n) is 12.3. The molecule has 0 aromatic carbocycles. The topological polar surface area (TPSA) is 125 Å². The van der Waals surface area contributed by atoms with Crippen LogP contribution in [0.3, 0.4) is 0 Å². The molecule has 0 radical (unpaired) electrons. The molecule has 12 heteroatoms. The van der Waals surface area contributed by atoms with Gasteiger partial charge in [0, 0.05) is 61.9 Å². The lowest BCUT2D eigenvalue weighted by Gasteiger charge is -2.28. The number of thiophene rings is 1. The van der Waals surface area contributed by atoms with E-state index < -0.39 is 0 Å². The number of carbonyl (C=O) groups is 1. The van der Waals surface area contributed by atoms with Gasteiger partial charge >= 0.3 is 0 Å². The summed E-state index contributed by atoms with van der Waals surface area (Å²) >= 11 is 1.43. The van der Waals surface area contributed by atoms with Crippen LogP contribution in [-0.2, 0) is 24.8 Å². The predicted molar refractivity (Wildman–Crippen MR) is 143 cm³/mol. The van der Waals surface area contributed by atoms with Crippen molar-refractivity contribution >= 4 is 34.0 Å². The Kier molecular flexibility index (Phi) is 6.45. The van der Waals surface area contributed by atoms with E-state index in [1.54, 1.807) is 17.9 Å². The fraction of sp³-hybridized carbons (Fsp3) is 0.308. The average Bonchev–Trinajstić information content (AvgIpc) is 3.56. The molecule has 192 valence electrons. The molecule has 38 heavy (non-hydrogen) atoms. The van der Waals surface area contributed by atoms with Gasteiger partial charge in [0.25, 0.3) is 5.91 Å². The van der Waals surface area contributed by atoms with Gasteiger partial charge in [-0.25, -0.2) is 15.0 Å². The van der Waals surface area contributed by atoms with E-state index in [9.17, 15) is 10.1 Å². The maximum atomic E-state index is 12.6. The summed E-state index contributed by atoms with van der Waals surface area (Å²) in [5.41, 5.74) is 3.90.